The predicted octanol–water partition coefficient (Wildman–Crippen LogP) is -9.32. The van der Waals surface area contributed by atoms with Crippen LogP contribution in [-0.4, -0.2) is 223 Å². The van der Waals surface area contributed by atoms with E-state index in [0.717, 1.165) is 20.8 Å². The number of nitrogens with one attached hydrogen (secondary N) is 3. The third-order valence-corrected chi connectivity index (χ3v) is 9.41. The summed E-state index contributed by atoms with van der Waals surface area (Å²) in [4.78, 5) is 36.1. The summed E-state index contributed by atoms with van der Waals surface area (Å²) < 4.78 is 39.7. The smallest absolute Gasteiger partial charge is 0.217 e. The molecule has 54 heavy (non-hydrogen) atoms. The molecule has 0 aromatic rings. The number of amides is 3. The van der Waals surface area contributed by atoms with E-state index < -0.39 is 167 Å². The van der Waals surface area contributed by atoms with E-state index in [1.165, 1.54) is 0 Å². The summed E-state index contributed by atoms with van der Waals surface area (Å²) in [5.41, 5.74) is 0. The highest BCUT2D eigenvalue weighted by molar-refractivity contribution is 5.74. The first-order valence-electron chi connectivity index (χ1n) is 17.1. The van der Waals surface area contributed by atoms with E-state index in [0.29, 0.717) is 0 Å². The Morgan fingerprint density at radius 2 is 0.833 bits per heavy atom. The Morgan fingerprint density at radius 3 is 1.35 bits per heavy atom. The normalized spacial score (nSPS) is 45.7. The van der Waals surface area contributed by atoms with Crippen LogP contribution in [0.2, 0.25) is 0 Å². The minimum absolute atomic E-state index is 0.682. The molecule has 4 saturated heterocycles. The lowest BCUT2D eigenvalue weighted by Gasteiger charge is -2.50. The van der Waals surface area contributed by atoms with Gasteiger partial charge in [-0.25, -0.2) is 0 Å². The Balaban J connectivity index is 1.60. The van der Waals surface area contributed by atoms with Crippen molar-refractivity contribution in [1.29, 1.82) is 0 Å². The van der Waals surface area contributed by atoms with Crippen molar-refractivity contribution >= 4 is 17.7 Å². The van der Waals surface area contributed by atoms with Gasteiger partial charge in [0.2, 0.25) is 17.7 Å². The largest absolute Gasteiger partial charge is 0.394 e. The molecule has 0 aliphatic carbocycles. The van der Waals surface area contributed by atoms with Crippen LogP contribution in [0.1, 0.15) is 20.8 Å². The van der Waals surface area contributed by atoms with Crippen LogP contribution < -0.4 is 16.0 Å². The lowest BCUT2D eigenvalue weighted by molar-refractivity contribution is -0.373. The number of rotatable bonds is 13. The monoisotopic (exact) mass is 789 g/mol. The van der Waals surface area contributed by atoms with Crippen molar-refractivity contribution in [1.82, 2.24) is 16.0 Å². The van der Waals surface area contributed by atoms with Crippen LogP contribution in [0.4, 0.5) is 0 Å². The van der Waals surface area contributed by atoms with Gasteiger partial charge in [0, 0.05) is 20.8 Å². The minimum atomic E-state index is -2.05. The van der Waals surface area contributed by atoms with Gasteiger partial charge in [0.25, 0.3) is 0 Å². The third-order valence-electron chi connectivity index (χ3n) is 9.41. The van der Waals surface area contributed by atoms with Crippen molar-refractivity contribution in [2.75, 3.05) is 26.4 Å². The molecule has 0 aromatic carbocycles. The van der Waals surface area contributed by atoms with Gasteiger partial charge in [0.1, 0.15) is 97.5 Å². The number of hydrogen-bond donors (Lipinski definition) is 14. The Bertz CT molecular complexity index is 1250. The maximum Gasteiger partial charge on any atom is 0.217 e. The predicted molar refractivity (Wildman–Crippen MR) is 169 cm³/mol. The molecule has 1 unspecified atom stereocenters. The van der Waals surface area contributed by atoms with Crippen molar-refractivity contribution in [2.45, 2.75) is 143 Å². The summed E-state index contributed by atoms with van der Waals surface area (Å²) in [5, 5.41) is 123. The first-order valence-corrected chi connectivity index (χ1v) is 17.1. The average Bonchev–Trinajstić information content (AvgIpc) is 3.11. The highest BCUT2D eigenvalue weighted by atomic mass is 16.8. The van der Waals surface area contributed by atoms with Crippen LogP contribution in [0.25, 0.3) is 0 Å². The van der Waals surface area contributed by atoms with E-state index in [4.69, 9.17) is 33.2 Å². The molecule has 4 heterocycles. The standard InChI is InChI=1S/C30H51N3O21/c1-8(38)31-15-21(44)18(41)11(4-34)49-28(15)54-26-20(43)13(6-36)50-30(23(26)46)52-24-14(7-37)51-29(16(22(24)45)32-9(2)39)53-25-17(33-10(3)40)27(47)48-12(5-35)19(25)42/h11-30,34-37,41-47H,4-7H2,1-3H3,(H,31,38)(H,32,39)(H,33,40)/t11-,12-,13-,14-,15-,16-,17-,18+,19+,20+,21-,22-,23-,24-,25-,26+,27?,28-,29+,30+/m1/s1. The summed E-state index contributed by atoms with van der Waals surface area (Å²) in [6.45, 7) is -0.217. The molecule has 312 valence electrons. The molecule has 0 spiro atoms. The van der Waals surface area contributed by atoms with Gasteiger partial charge in [-0.2, -0.15) is 0 Å². The van der Waals surface area contributed by atoms with Crippen molar-refractivity contribution in [2.24, 2.45) is 0 Å². The molecule has 24 heteroatoms. The fraction of sp³-hybridized carbons (Fsp3) is 0.900. The highest BCUT2D eigenvalue weighted by Gasteiger charge is 2.56. The van der Waals surface area contributed by atoms with Gasteiger partial charge in [0.15, 0.2) is 25.2 Å². The van der Waals surface area contributed by atoms with Crippen LogP contribution in [-0.2, 0) is 47.5 Å². The molecule has 24 nitrogen and oxygen atoms in total. The quantitative estimate of drug-likeness (QED) is 0.0823. The lowest BCUT2D eigenvalue weighted by Crippen LogP contribution is -2.71. The second-order valence-corrected chi connectivity index (χ2v) is 13.3. The second kappa shape index (κ2) is 19.2. The van der Waals surface area contributed by atoms with Crippen molar-refractivity contribution in [3.63, 3.8) is 0 Å². The van der Waals surface area contributed by atoms with Crippen LogP contribution in [0.3, 0.4) is 0 Å². The van der Waals surface area contributed by atoms with E-state index >= 15 is 0 Å². The van der Waals surface area contributed by atoms with Gasteiger partial charge in [0.05, 0.1) is 26.4 Å². The average molecular weight is 790 g/mol. The van der Waals surface area contributed by atoms with Crippen LogP contribution in [0, 0.1) is 0 Å². The van der Waals surface area contributed by atoms with E-state index in [1.54, 1.807) is 0 Å². The Morgan fingerprint density at radius 1 is 0.444 bits per heavy atom. The zero-order valence-electron chi connectivity index (χ0n) is 29.4. The lowest BCUT2D eigenvalue weighted by atomic mass is 9.93. The number of hydrogen-bond acceptors (Lipinski definition) is 21. The number of ether oxygens (including phenoxy) is 7. The summed E-state index contributed by atoms with van der Waals surface area (Å²) in [7, 11) is 0. The number of aliphatic hydroxyl groups is 11. The maximum absolute atomic E-state index is 12.3. The molecule has 4 fully saturated rings. The van der Waals surface area contributed by atoms with Crippen LogP contribution in [0.5, 0.6) is 0 Å². The molecule has 0 saturated carbocycles. The highest BCUT2D eigenvalue weighted by Crippen LogP contribution is 2.34. The Labute approximate surface area is 307 Å². The Hall–Kier alpha value is -2.31. The molecular weight excluding hydrogens is 738 g/mol. The fourth-order valence-electron chi connectivity index (χ4n) is 6.75. The molecule has 0 radical (unpaired) electrons. The molecule has 4 aliphatic rings. The molecule has 0 bridgehead atoms. The van der Waals surface area contributed by atoms with E-state index in [2.05, 4.69) is 16.0 Å². The minimum Gasteiger partial charge on any atom is -0.394 e. The van der Waals surface area contributed by atoms with Gasteiger partial charge in [-0.3, -0.25) is 14.4 Å². The zero-order valence-corrected chi connectivity index (χ0v) is 29.4. The van der Waals surface area contributed by atoms with Gasteiger partial charge < -0.3 is 105 Å². The SMILES string of the molecule is CC(=O)N[C@H]1[C@H](O[C@H]2[C@@H](O)[C@@H](CO)OC(O)[C@@H]2NC(C)=O)O[C@H](CO)[C@@H](O[C@@H]2O[C@H](CO)[C@H](O)[C@H](O[C@H]3O[C@H](CO)[C@H](O)[C@H](O)[C@H]3NC(C)=O)[C@H]2O)[C@@H]1O. The molecule has 4 rings (SSSR count). The van der Waals surface area contributed by atoms with Gasteiger partial charge >= 0.3 is 0 Å². The second-order valence-electron chi connectivity index (χ2n) is 13.3. The fourth-order valence-corrected chi connectivity index (χ4v) is 6.75. The van der Waals surface area contributed by atoms with Crippen LogP contribution >= 0.6 is 0 Å². The molecule has 14 N–H and O–H groups in total. The topological polar surface area (TPSA) is 374 Å². The van der Waals surface area contributed by atoms with Gasteiger partial charge in [-0.05, 0) is 0 Å². The first-order chi connectivity index (χ1) is 25.5. The summed E-state index contributed by atoms with van der Waals surface area (Å²) in [6.07, 6.45) is -29.4. The van der Waals surface area contributed by atoms with Gasteiger partial charge in [-0.15, -0.1) is 0 Å². The molecule has 4 aliphatic heterocycles. The van der Waals surface area contributed by atoms with E-state index in [9.17, 15) is 70.6 Å². The summed E-state index contributed by atoms with van der Waals surface area (Å²) in [5.74, 6) is -2.14. The number of carbonyl (C=O) groups excluding carboxylic acids is 3. The van der Waals surface area contributed by atoms with E-state index in [-0.39, 0.29) is 0 Å². The Kier molecular flexibility index (Phi) is 15.8. The summed E-state index contributed by atoms with van der Waals surface area (Å²) in [6, 6.07) is -4.59. The third kappa shape index (κ3) is 9.79. The zero-order chi connectivity index (χ0) is 40.2. The van der Waals surface area contributed by atoms with Crippen molar-refractivity contribution < 1.29 is 104 Å². The first kappa shape index (κ1) is 44.4. The molecule has 3 amide bonds. The maximum atomic E-state index is 12.3. The van der Waals surface area contributed by atoms with Crippen molar-refractivity contribution in [3.05, 3.63) is 0 Å². The van der Waals surface area contributed by atoms with Crippen LogP contribution in [0.15, 0.2) is 0 Å². The molecule has 20 atom stereocenters. The number of carbonyl (C=O) groups is 3. The van der Waals surface area contributed by atoms with Crippen molar-refractivity contribution in [3.8, 4) is 0 Å². The van der Waals surface area contributed by atoms with E-state index in [1.807, 2.05) is 0 Å². The number of aliphatic hydroxyl groups excluding tert-OH is 11. The summed E-state index contributed by atoms with van der Waals surface area (Å²) >= 11 is 0. The molecule has 0 aromatic heterocycles. The van der Waals surface area contributed by atoms with Gasteiger partial charge in [-0.1, -0.05) is 0 Å². The molecular formula is C30H51N3O21.